The number of carbonyl (C=O) groups is 1. The third-order valence-electron chi connectivity index (χ3n) is 5.81. The summed E-state index contributed by atoms with van der Waals surface area (Å²) in [5.41, 5.74) is 1.01. The topological polar surface area (TPSA) is 35.6 Å². The lowest BCUT2D eigenvalue weighted by Gasteiger charge is -2.40. The summed E-state index contributed by atoms with van der Waals surface area (Å²) >= 11 is 0. The minimum atomic E-state index is -0.160. The van der Waals surface area contributed by atoms with Crippen molar-refractivity contribution in [3.63, 3.8) is 0 Å². The minimum absolute atomic E-state index is 0. The molecule has 0 aliphatic carbocycles. The Hall–Kier alpha value is -1.26. The second-order valence-corrected chi connectivity index (χ2v) is 7.54. The number of likely N-dealkylation sites (tertiary alicyclic amines) is 2. The van der Waals surface area contributed by atoms with Crippen molar-refractivity contribution in [1.29, 1.82) is 0 Å². The molecule has 1 aromatic carbocycles. The molecule has 3 rings (SSSR count). The summed E-state index contributed by atoms with van der Waals surface area (Å²) in [6.07, 6.45) is 5.03. The quantitative estimate of drug-likeness (QED) is 0.887. The van der Waals surface area contributed by atoms with Gasteiger partial charge in [-0.05, 0) is 76.7 Å². The Balaban J connectivity index is 0.00000225. The molecule has 0 saturated carbocycles. The normalized spacial score (nSPS) is 21.4. The Kier molecular flexibility index (Phi) is 7.57. The zero-order valence-corrected chi connectivity index (χ0v) is 16.3. The van der Waals surface area contributed by atoms with E-state index in [1.54, 1.807) is 0 Å². The lowest BCUT2D eigenvalue weighted by Crippen LogP contribution is -2.47. The van der Waals surface area contributed by atoms with Crippen molar-refractivity contribution in [3.8, 4) is 0 Å². The molecule has 1 atom stereocenters. The molecule has 140 valence electrons. The average Bonchev–Trinajstić information content (AvgIpc) is 2.63. The fraction of sp³-hybridized carbons (Fsp3) is 0.650. The Morgan fingerprint density at radius 1 is 1.00 bits per heavy atom. The Morgan fingerprint density at radius 3 is 2.08 bits per heavy atom. The SMILES string of the molecule is C[C@@H](Nc1ccccc1)C(=O)N1CCC(C2CCN(C)CC2)CC1.Cl. The van der Waals surface area contributed by atoms with Crippen LogP contribution in [0.25, 0.3) is 0 Å². The number of amides is 1. The molecule has 2 heterocycles. The van der Waals surface area contributed by atoms with Crippen LogP contribution in [-0.4, -0.2) is 55.0 Å². The van der Waals surface area contributed by atoms with E-state index in [2.05, 4.69) is 22.2 Å². The minimum Gasteiger partial charge on any atom is -0.374 e. The monoisotopic (exact) mass is 365 g/mol. The smallest absolute Gasteiger partial charge is 0.244 e. The molecule has 2 aliphatic heterocycles. The van der Waals surface area contributed by atoms with E-state index in [1.807, 2.05) is 37.3 Å². The second-order valence-electron chi connectivity index (χ2n) is 7.54. The van der Waals surface area contributed by atoms with Crippen LogP contribution in [0.3, 0.4) is 0 Å². The number of benzene rings is 1. The van der Waals surface area contributed by atoms with Crippen LogP contribution in [0.15, 0.2) is 30.3 Å². The lowest BCUT2D eigenvalue weighted by molar-refractivity contribution is -0.133. The predicted molar refractivity (Wildman–Crippen MR) is 106 cm³/mol. The average molecular weight is 366 g/mol. The van der Waals surface area contributed by atoms with Gasteiger partial charge in [0.25, 0.3) is 0 Å². The van der Waals surface area contributed by atoms with Crippen LogP contribution in [-0.2, 0) is 4.79 Å². The fourth-order valence-corrected chi connectivity index (χ4v) is 4.21. The summed E-state index contributed by atoms with van der Waals surface area (Å²) in [4.78, 5) is 17.2. The van der Waals surface area contributed by atoms with Crippen LogP contribution in [0.1, 0.15) is 32.6 Å². The molecule has 0 aromatic heterocycles. The van der Waals surface area contributed by atoms with Gasteiger partial charge in [-0.3, -0.25) is 4.79 Å². The van der Waals surface area contributed by atoms with Crippen LogP contribution in [0.4, 0.5) is 5.69 Å². The summed E-state index contributed by atoms with van der Waals surface area (Å²) in [5, 5.41) is 3.32. The maximum atomic E-state index is 12.7. The van der Waals surface area contributed by atoms with E-state index in [9.17, 15) is 4.79 Å². The maximum absolute atomic E-state index is 12.7. The highest BCUT2D eigenvalue weighted by Crippen LogP contribution is 2.32. The van der Waals surface area contributed by atoms with Gasteiger partial charge >= 0.3 is 0 Å². The van der Waals surface area contributed by atoms with E-state index in [4.69, 9.17) is 0 Å². The third kappa shape index (κ3) is 5.35. The highest BCUT2D eigenvalue weighted by Gasteiger charge is 2.31. The van der Waals surface area contributed by atoms with Gasteiger partial charge in [-0.1, -0.05) is 18.2 Å². The standard InChI is InChI=1S/C20H31N3O.ClH/c1-16(21-19-6-4-3-5-7-19)20(24)23-14-10-18(11-15-23)17-8-12-22(2)13-9-17;/h3-7,16-18,21H,8-15H2,1-2H3;1H/t16-;/m1./s1. The van der Waals surface area contributed by atoms with Gasteiger partial charge in [-0.15, -0.1) is 12.4 Å². The first-order chi connectivity index (χ1) is 11.6. The highest BCUT2D eigenvalue weighted by molar-refractivity contribution is 5.85. The first-order valence-corrected chi connectivity index (χ1v) is 9.42. The van der Waals surface area contributed by atoms with Crippen LogP contribution < -0.4 is 5.32 Å². The Bertz CT molecular complexity index is 523. The van der Waals surface area contributed by atoms with Gasteiger partial charge in [0.05, 0.1) is 0 Å². The van der Waals surface area contributed by atoms with Gasteiger partial charge in [0.15, 0.2) is 0 Å². The lowest BCUT2D eigenvalue weighted by atomic mass is 9.79. The number of rotatable bonds is 4. The van der Waals surface area contributed by atoms with E-state index in [0.717, 1.165) is 30.6 Å². The van der Waals surface area contributed by atoms with Crippen molar-refractivity contribution in [3.05, 3.63) is 30.3 Å². The van der Waals surface area contributed by atoms with Gasteiger partial charge in [0.1, 0.15) is 6.04 Å². The number of para-hydroxylation sites is 1. The first kappa shape index (κ1) is 20.1. The van der Waals surface area contributed by atoms with E-state index < -0.39 is 0 Å². The molecule has 4 nitrogen and oxygen atoms in total. The fourth-order valence-electron chi connectivity index (χ4n) is 4.21. The molecular formula is C20H32ClN3O. The molecule has 0 spiro atoms. The highest BCUT2D eigenvalue weighted by atomic mass is 35.5. The van der Waals surface area contributed by atoms with Gasteiger partial charge in [-0.25, -0.2) is 0 Å². The first-order valence-electron chi connectivity index (χ1n) is 9.42. The van der Waals surface area contributed by atoms with E-state index in [-0.39, 0.29) is 24.4 Å². The molecule has 0 bridgehead atoms. The van der Waals surface area contributed by atoms with E-state index in [1.165, 1.54) is 38.8 Å². The molecule has 1 N–H and O–H groups in total. The van der Waals surface area contributed by atoms with Crippen molar-refractivity contribution >= 4 is 24.0 Å². The van der Waals surface area contributed by atoms with E-state index >= 15 is 0 Å². The summed E-state index contributed by atoms with van der Waals surface area (Å²) in [6.45, 7) is 6.30. The summed E-state index contributed by atoms with van der Waals surface area (Å²) < 4.78 is 0. The Labute approximate surface area is 158 Å². The van der Waals surface area contributed by atoms with Crippen LogP contribution in [0, 0.1) is 11.8 Å². The van der Waals surface area contributed by atoms with Gasteiger partial charge in [0.2, 0.25) is 5.91 Å². The number of anilines is 1. The predicted octanol–water partition coefficient (Wildman–Crippen LogP) is 3.49. The van der Waals surface area contributed by atoms with Crippen LogP contribution in [0.2, 0.25) is 0 Å². The number of nitrogens with one attached hydrogen (secondary N) is 1. The number of nitrogens with zero attached hydrogens (tertiary/aromatic N) is 2. The number of piperidine rings is 2. The summed E-state index contributed by atoms with van der Waals surface area (Å²) in [6, 6.07) is 9.84. The van der Waals surface area contributed by atoms with Crippen molar-refractivity contribution in [2.45, 2.75) is 38.6 Å². The third-order valence-corrected chi connectivity index (χ3v) is 5.81. The van der Waals surface area contributed by atoms with Crippen molar-refractivity contribution in [2.24, 2.45) is 11.8 Å². The number of hydrogen-bond acceptors (Lipinski definition) is 3. The van der Waals surface area contributed by atoms with Crippen LogP contribution in [0.5, 0.6) is 0 Å². The molecule has 1 amide bonds. The number of hydrogen-bond donors (Lipinski definition) is 1. The largest absolute Gasteiger partial charge is 0.374 e. The molecule has 2 aliphatic rings. The second kappa shape index (κ2) is 9.44. The van der Waals surface area contributed by atoms with Gasteiger partial charge in [-0.2, -0.15) is 0 Å². The number of halogens is 1. The van der Waals surface area contributed by atoms with Crippen molar-refractivity contribution < 1.29 is 4.79 Å². The zero-order chi connectivity index (χ0) is 16.9. The number of carbonyl (C=O) groups excluding carboxylic acids is 1. The molecule has 2 fully saturated rings. The van der Waals surface area contributed by atoms with Gasteiger partial charge < -0.3 is 15.1 Å². The molecule has 0 radical (unpaired) electrons. The Morgan fingerprint density at radius 2 is 1.52 bits per heavy atom. The van der Waals surface area contributed by atoms with E-state index in [0.29, 0.717) is 0 Å². The zero-order valence-electron chi connectivity index (χ0n) is 15.5. The van der Waals surface area contributed by atoms with Crippen molar-refractivity contribution in [1.82, 2.24) is 9.80 Å². The van der Waals surface area contributed by atoms with Crippen molar-refractivity contribution in [2.75, 3.05) is 38.5 Å². The molecule has 5 heteroatoms. The molecule has 1 aromatic rings. The molecular weight excluding hydrogens is 334 g/mol. The summed E-state index contributed by atoms with van der Waals surface area (Å²) in [7, 11) is 2.22. The molecule has 2 saturated heterocycles. The molecule has 25 heavy (non-hydrogen) atoms. The van der Waals surface area contributed by atoms with Crippen LogP contribution >= 0.6 is 12.4 Å². The molecule has 0 unspecified atom stereocenters. The van der Waals surface area contributed by atoms with Gasteiger partial charge in [0, 0.05) is 18.8 Å². The maximum Gasteiger partial charge on any atom is 0.244 e. The summed E-state index contributed by atoms with van der Waals surface area (Å²) in [5.74, 6) is 1.93.